The van der Waals surface area contributed by atoms with Crippen LogP contribution in [0.5, 0.6) is 0 Å². The normalized spacial score (nSPS) is 18.4. The van der Waals surface area contributed by atoms with E-state index in [4.69, 9.17) is 0 Å². The molecule has 0 unspecified atom stereocenters. The number of allylic oxidation sites excluding steroid dienone is 2. The van der Waals surface area contributed by atoms with Gasteiger partial charge in [0.1, 0.15) is 0 Å². The van der Waals surface area contributed by atoms with Crippen LogP contribution in [-0.4, -0.2) is 5.66 Å². The zero-order valence-electron chi connectivity index (χ0n) is 10.4. The van der Waals surface area contributed by atoms with E-state index >= 15 is 0 Å². The lowest BCUT2D eigenvalue weighted by atomic mass is 10.3. The lowest BCUT2D eigenvalue weighted by Crippen LogP contribution is -2.19. The van der Waals surface area contributed by atoms with E-state index in [0.29, 0.717) is 5.66 Å². The van der Waals surface area contributed by atoms with Crippen LogP contribution in [-0.2, 0) is 0 Å². The lowest BCUT2D eigenvalue weighted by molar-refractivity contribution is 0.938. The van der Waals surface area contributed by atoms with E-state index in [2.05, 4.69) is 72.8 Å². The molecule has 0 aliphatic heterocycles. The maximum absolute atomic E-state index is 2.42. The van der Waals surface area contributed by atoms with Crippen molar-refractivity contribution in [3.63, 3.8) is 0 Å². The molecule has 1 heteroatoms. The number of benzene rings is 2. The third kappa shape index (κ3) is 2.40. The van der Waals surface area contributed by atoms with Crippen molar-refractivity contribution in [3.8, 4) is 0 Å². The summed E-state index contributed by atoms with van der Waals surface area (Å²) in [7, 11) is -0.239. The van der Waals surface area contributed by atoms with Gasteiger partial charge in [-0.1, -0.05) is 72.8 Å². The molecule has 1 atom stereocenters. The lowest BCUT2D eigenvalue weighted by Gasteiger charge is -2.24. The number of hydrogen-bond acceptors (Lipinski definition) is 0. The van der Waals surface area contributed by atoms with Crippen molar-refractivity contribution in [2.24, 2.45) is 0 Å². The summed E-state index contributed by atoms with van der Waals surface area (Å²) >= 11 is 0. The third-order valence-electron chi connectivity index (χ3n) is 3.39. The maximum atomic E-state index is 2.42. The summed E-state index contributed by atoms with van der Waals surface area (Å²) in [4.78, 5) is 0. The molecule has 90 valence electrons. The highest BCUT2D eigenvalue weighted by Crippen LogP contribution is 2.44. The van der Waals surface area contributed by atoms with E-state index in [9.17, 15) is 0 Å². The van der Waals surface area contributed by atoms with Gasteiger partial charge in [-0.3, -0.25) is 0 Å². The summed E-state index contributed by atoms with van der Waals surface area (Å²) < 4.78 is 0. The van der Waals surface area contributed by atoms with Crippen molar-refractivity contribution in [2.45, 2.75) is 18.5 Å². The Morgan fingerprint density at radius 2 is 1.33 bits per heavy atom. The Kier molecular flexibility index (Phi) is 3.57. The number of hydrogen-bond donors (Lipinski definition) is 0. The third-order valence-corrected chi connectivity index (χ3v) is 6.19. The van der Waals surface area contributed by atoms with E-state index in [1.165, 1.54) is 23.5 Å². The topological polar surface area (TPSA) is 0 Å². The molecule has 0 heterocycles. The first-order chi connectivity index (χ1) is 8.95. The van der Waals surface area contributed by atoms with Crippen molar-refractivity contribution in [1.29, 1.82) is 0 Å². The van der Waals surface area contributed by atoms with E-state index in [0.717, 1.165) is 0 Å². The predicted octanol–water partition coefficient (Wildman–Crippen LogP) is 3.84. The van der Waals surface area contributed by atoms with Crippen LogP contribution in [0.4, 0.5) is 0 Å². The van der Waals surface area contributed by atoms with Crippen molar-refractivity contribution in [3.05, 3.63) is 72.8 Å². The molecule has 0 nitrogen and oxygen atoms in total. The zero-order chi connectivity index (χ0) is 12.2. The second kappa shape index (κ2) is 5.50. The summed E-state index contributed by atoms with van der Waals surface area (Å²) in [6, 6.07) is 22.0. The van der Waals surface area contributed by atoms with Crippen LogP contribution in [0.2, 0.25) is 0 Å². The van der Waals surface area contributed by atoms with Gasteiger partial charge in [0.05, 0.1) is 0 Å². The van der Waals surface area contributed by atoms with Gasteiger partial charge in [-0.15, -0.1) is 0 Å². The Bertz CT molecular complexity index is 476. The molecule has 3 rings (SSSR count). The van der Waals surface area contributed by atoms with Crippen LogP contribution in [0.3, 0.4) is 0 Å². The van der Waals surface area contributed by atoms with Crippen molar-refractivity contribution in [1.82, 2.24) is 0 Å². The number of rotatable bonds is 3. The predicted molar refractivity (Wildman–Crippen MR) is 81.2 cm³/mol. The molecule has 0 radical (unpaired) electrons. The summed E-state index contributed by atoms with van der Waals surface area (Å²) in [5.41, 5.74) is 0.713. The van der Waals surface area contributed by atoms with Crippen LogP contribution < -0.4 is 10.6 Å². The van der Waals surface area contributed by atoms with Gasteiger partial charge in [-0.25, -0.2) is 0 Å². The zero-order valence-corrected chi connectivity index (χ0v) is 11.3. The van der Waals surface area contributed by atoms with Gasteiger partial charge in [0, 0.05) is 5.66 Å². The van der Waals surface area contributed by atoms with Gasteiger partial charge < -0.3 is 0 Å². The first-order valence-electron chi connectivity index (χ1n) is 6.51. The van der Waals surface area contributed by atoms with Gasteiger partial charge in [-0.05, 0) is 31.4 Å². The molecular formula is C17H17P. The van der Waals surface area contributed by atoms with E-state index < -0.39 is 0 Å². The molecule has 0 spiro atoms. The molecule has 1 aliphatic carbocycles. The van der Waals surface area contributed by atoms with Crippen molar-refractivity contribution >= 4 is 18.5 Å². The highest BCUT2D eigenvalue weighted by atomic mass is 31.1. The molecule has 2 aromatic rings. The summed E-state index contributed by atoms with van der Waals surface area (Å²) in [6.07, 6.45) is 7.30. The highest BCUT2D eigenvalue weighted by Gasteiger charge is 2.23. The first kappa shape index (κ1) is 11.7. The standard InChI is InChI=1S/C17H17P/c1-3-9-15(10-4-1)18(17-13-7-8-14-17)16-11-5-2-6-12-16/h1-7,9-13,17H,8,14H2/t17-/m1/s1. The summed E-state index contributed by atoms with van der Waals surface area (Å²) in [6.45, 7) is 0. The van der Waals surface area contributed by atoms with Crippen molar-refractivity contribution < 1.29 is 0 Å². The SMILES string of the molecule is C1=C[C@@H](P(c2ccccc2)c2ccccc2)CC1. The Hall–Kier alpha value is -1.39. The molecule has 0 saturated carbocycles. The van der Waals surface area contributed by atoms with E-state index in [1.54, 1.807) is 0 Å². The summed E-state index contributed by atoms with van der Waals surface area (Å²) in [5, 5.41) is 2.99. The minimum atomic E-state index is -0.239. The largest absolute Gasteiger partial charge is 0.0878 e. The van der Waals surface area contributed by atoms with Gasteiger partial charge in [-0.2, -0.15) is 0 Å². The Labute approximate surface area is 110 Å². The molecule has 18 heavy (non-hydrogen) atoms. The molecule has 0 aromatic heterocycles. The molecule has 0 fully saturated rings. The fraction of sp³-hybridized carbons (Fsp3) is 0.176. The monoisotopic (exact) mass is 252 g/mol. The van der Waals surface area contributed by atoms with Gasteiger partial charge in [0.15, 0.2) is 0 Å². The van der Waals surface area contributed by atoms with E-state index in [1.807, 2.05) is 0 Å². The molecule has 1 aliphatic rings. The minimum Gasteiger partial charge on any atom is -0.0878 e. The smallest absolute Gasteiger partial charge is 0.00536 e. The average Bonchev–Trinajstić information content (AvgIpc) is 2.95. The van der Waals surface area contributed by atoms with E-state index in [-0.39, 0.29) is 7.92 Å². The van der Waals surface area contributed by atoms with Crippen molar-refractivity contribution in [2.75, 3.05) is 0 Å². The highest BCUT2D eigenvalue weighted by molar-refractivity contribution is 7.73. The molecule has 2 aromatic carbocycles. The second-order valence-corrected chi connectivity index (χ2v) is 7.05. The Morgan fingerprint density at radius 1 is 0.778 bits per heavy atom. The quantitative estimate of drug-likeness (QED) is 0.575. The molecule has 0 N–H and O–H groups in total. The van der Waals surface area contributed by atoms with Gasteiger partial charge in [0.2, 0.25) is 0 Å². The Morgan fingerprint density at radius 3 is 1.78 bits per heavy atom. The van der Waals surface area contributed by atoms with Gasteiger partial charge >= 0.3 is 0 Å². The fourth-order valence-corrected chi connectivity index (χ4v) is 5.29. The molecule has 0 amide bonds. The maximum Gasteiger partial charge on any atom is 0.00536 e. The molecular weight excluding hydrogens is 235 g/mol. The average molecular weight is 252 g/mol. The van der Waals surface area contributed by atoms with Crippen LogP contribution in [0, 0.1) is 0 Å². The van der Waals surface area contributed by atoms with Crippen LogP contribution in [0.25, 0.3) is 0 Å². The molecule has 0 bridgehead atoms. The fourth-order valence-electron chi connectivity index (χ4n) is 2.54. The van der Waals surface area contributed by atoms with Gasteiger partial charge in [0.25, 0.3) is 0 Å². The Balaban J connectivity index is 2.01. The van der Waals surface area contributed by atoms with Crippen LogP contribution in [0.15, 0.2) is 72.8 Å². The molecule has 0 saturated heterocycles. The summed E-state index contributed by atoms with van der Waals surface area (Å²) in [5.74, 6) is 0. The van der Waals surface area contributed by atoms with Crippen LogP contribution in [0.1, 0.15) is 12.8 Å². The van der Waals surface area contributed by atoms with Crippen LogP contribution >= 0.6 is 7.92 Å². The first-order valence-corrected chi connectivity index (χ1v) is 7.92. The second-order valence-electron chi connectivity index (χ2n) is 4.61. The minimum absolute atomic E-state index is 0.239.